The number of piperazine rings is 1. The van der Waals surface area contributed by atoms with Gasteiger partial charge in [-0.05, 0) is 12.1 Å². The number of sulfone groups is 1. The zero-order chi connectivity index (χ0) is 19.1. The van der Waals surface area contributed by atoms with Crippen molar-refractivity contribution in [1.82, 2.24) is 15.5 Å². The molecule has 8 nitrogen and oxygen atoms in total. The molecule has 1 aromatic rings. The van der Waals surface area contributed by atoms with E-state index in [0.717, 1.165) is 39.1 Å². The normalized spacial score (nSPS) is 17.3. The first-order valence-electron chi connectivity index (χ1n) is 9.37. The van der Waals surface area contributed by atoms with Gasteiger partial charge in [-0.3, -0.25) is 9.69 Å². The van der Waals surface area contributed by atoms with Crippen molar-refractivity contribution in [3.8, 4) is 11.5 Å². The Labute approximate surface area is 172 Å². The van der Waals surface area contributed by atoms with Gasteiger partial charge in [-0.15, -0.1) is 12.4 Å². The molecule has 1 aromatic carbocycles. The number of nitrogens with one attached hydrogen (secondary N) is 2. The van der Waals surface area contributed by atoms with Crippen molar-refractivity contribution in [2.45, 2.75) is 17.7 Å². The van der Waals surface area contributed by atoms with Crippen molar-refractivity contribution in [3.63, 3.8) is 0 Å². The molecular formula is C18H28ClN3O5S. The van der Waals surface area contributed by atoms with Gasteiger partial charge in [0.15, 0.2) is 21.3 Å². The molecule has 1 amide bonds. The summed E-state index contributed by atoms with van der Waals surface area (Å²) in [5.74, 6) is 0.515. The Morgan fingerprint density at radius 1 is 1.14 bits per heavy atom. The number of nitrogens with zero attached hydrogens (tertiary/aromatic N) is 1. The monoisotopic (exact) mass is 433 g/mol. The maximum atomic E-state index is 12.5. The molecule has 1 saturated heterocycles. The van der Waals surface area contributed by atoms with E-state index >= 15 is 0 Å². The molecule has 2 heterocycles. The summed E-state index contributed by atoms with van der Waals surface area (Å²) in [5.41, 5.74) is 0. The molecule has 1 fully saturated rings. The first kappa shape index (κ1) is 22.7. The number of carbonyl (C=O) groups excluding carboxylic acids is 1. The van der Waals surface area contributed by atoms with Gasteiger partial charge in [0.2, 0.25) is 5.91 Å². The van der Waals surface area contributed by atoms with Crippen LogP contribution in [0.1, 0.15) is 12.8 Å². The molecule has 28 heavy (non-hydrogen) atoms. The van der Waals surface area contributed by atoms with Crippen LogP contribution in [0.5, 0.6) is 11.5 Å². The fraction of sp³-hybridized carbons (Fsp3) is 0.611. The highest BCUT2D eigenvalue weighted by Crippen LogP contribution is 2.32. The van der Waals surface area contributed by atoms with Crippen LogP contribution < -0.4 is 20.1 Å². The van der Waals surface area contributed by atoms with E-state index in [0.29, 0.717) is 31.3 Å². The smallest absolute Gasteiger partial charge is 0.221 e. The molecular weight excluding hydrogens is 406 g/mol. The fourth-order valence-electron chi connectivity index (χ4n) is 3.06. The van der Waals surface area contributed by atoms with Gasteiger partial charge in [0.1, 0.15) is 0 Å². The lowest BCUT2D eigenvalue weighted by atomic mass is 10.3. The zero-order valence-corrected chi connectivity index (χ0v) is 17.4. The Bertz CT molecular complexity index is 754. The summed E-state index contributed by atoms with van der Waals surface area (Å²) in [6.07, 6.45) is 0.698. The number of halogens is 1. The van der Waals surface area contributed by atoms with E-state index in [1.165, 1.54) is 12.1 Å². The van der Waals surface area contributed by atoms with E-state index < -0.39 is 9.84 Å². The van der Waals surface area contributed by atoms with Crippen molar-refractivity contribution < 1.29 is 22.7 Å². The third kappa shape index (κ3) is 6.51. The Morgan fingerprint density at radius 2 is 1.86 bits per heavy atom. The van der Waals surface area contributed by atoms with Crippen LogP contribution in [-0.4, -0.2) is 77.5 Å². The first-order valence-corrected chi connectivity index (χ1v) is 11.0. The summed E-state index contributed by atoms with van der Waals surface area (Å²) in [6, 6.07) is 4.60. The second kappa shape index (κ2) is 10.8. The van der Waals surface area contributed by atoms with E-state index in [4.69, 9.17) is 9.47 Å². The molecule has 3 rings (SSSR count). The number of carbonyl (C=O) groups is 1. The number of ether oxygens (including phenoxy) is 2. The van der Waals surface area contributed by atoms with Crippen LogP contribution in [0.3, 0.4) is 0 Å². The first-order chi connectivity index (χ1) is 13.0. The molecule has 0 radical (unpaired) electrons. The second-order valence-corrected chi connectivity index (χ2v) is 8.78. The van der Waals surface area contributed by atoms with Crippen LogP contribution in [0.2, 0.25) is 0 Å². The number of rotatable bonds is 7. The summed E-state index contributed by atoms with van der Waals surface area (Å²) >= 11 is 0. The van der Waals surface area contributed by atoms with Crippen molar-refractivity contribution in [3.05, 3.63) is 18.2 Å². The second-order valence-electron chi connectivity index (χ2n) is 6.67. The molecule has 0 spiro atoms. The van der Waals surface area contributed by atoms with Gasteiger partial charge in [0.25, 0.3) is 0 Å². The molecule has 0 unspecified atom stereocenters. The summed E-state index contributed by atoms with van der Waals surface area (Å²) < 4.78 is 36.1. The van der Waals surface area contributed by atoms with Gasteiger partial charge in [-0.1, -0.05) is 0 Å². The lowest BCUT2D eigenvalue weighted by molar-refractivity contribution is -0.120. The fourth-order valence-corrected chi connectivity index (χ4v) is 4.31. The number of hydrogen-bond acceptors (Lipinski definition) is 7. The summed E-state index contributed by atoms with van der Waals surface area (Å²) in [6.45, 7) is 6.20. The lowest BCUT2D eigenvalue weighted by Gasteiger charge is -2.27. The van der Waals surface area contributed by atoms with Gasteiger partial charge in [-0.2, -0.15) is 0 Å². The Kier molecular flexibility index (Phi) is 8.81. The standard InChI is InChI=1S/C18H27N3O5S.ClH/c22-18(20-7-10-21-8-5-19-6-9-21)4-13-27(23,24)15-2-3-16-17(14-15)26-12-1-11-25-16;/h2-3,14,19H,1,4-13H2,(H,20,22);1H. The number of benzene rings is 1. The average molecular weight is 434 g/mol. The quantitative estimate of drug-likeness (QED) is 0.644. The molecule has 10 heteroatoms. The lowest BCUT2D eigenvalue weighted by Crippen LogP contribution is -2.46. The maximum absolute atomic E-state index is 12.5. The van der Waals surface area contributed by atoms with Crippen molar-refractivity contribution in [2.75, 3.05) is 58.2 Å². The van der Waals surface area contributed by atoms with E-state index in [-0.39, 0.29) is 35.4 Å². The number of hydrogen-bond donors (Lipinski definition) is 2. The third-order valence-corrected chi connectivity index (χ3v) is 6.35. The van der Waals surface area contributed by atoms with Gasteiger partial charge in [0, 0.05) is 58.2 Å². The summed E-state index contributed by atoms with van der Waals surface area (Å²) in [5, 5.41) is 6.08. The minimum absolute atomic E-state index is 0. The van der Waals surface area contributed by atoms with Gasteiger partial charge in [0.05, 0.1) is 23.9 Å². The van der Waals surface area contributed by atoms with E-state index in [1.807, 2.05) is 0 Å². The van der Waals surface area contributed by atoms with Gasteiger partial charge >= 0.3 is 0 Å². The van der Waals surface area contributed by atoms with Crippen LogP contribution in [0.4, 0.5) is 0 Å². The highest BCUT2D eigenvalue weighted by molar-refractivity contribution is 7.91. The largest absolute Gasteiger partial charge is 0.490 e. The molecule has 158 valence electrons. The maximum Gasteiger partial charge on any atom is 0.221 e. The van der Waals surface area contributed by atoms with Crippen LogP contribution in [0.25, 0.3) is 0 Å². The molecule has 0 atom stereocenters. The highest BCUT2D eigenvalue weighted by atomic mass is 35.5. The van der Waals surface area contributed by atoms with Crippen LogP contribution in [0, 0.1) is 0 Å². The molecule has 2 aliphatic heterocycles. The van der Waals surface area contributed by atoms with Crippen LogP contribution in [0.15, 0.2) is 23.1 Å². The Hall–Kier alpha value is -1.55. The van der Waals surface area contributed by atoms with E-state index in [9.17, 15) is 13.2 Å². The summed E-state index contributed by atoms with van der Waals surface area (Å²) in [4.78, 5) is 14.4. The third-order valence-electron chi connectivity index (χ3n) is 4.64. The predicted octanol–water partition coefficient (Wildman–Crippen LogP) is 0.455. The molecule has 0 saturated carbocycles. The van der Waals surface area contributed by atoms with E-state index in [2.05, 4.69) is 15.5 Å². The van der Waals surface area contributed by atoms with Gasteiger partial charge in [-0.25, -0.2) is 8.42 Å². The van der Waals surface area contributed by atoms with Crippen molar-refractivity contribution >= 4 is 28.2 Å². The van der Waals surface area contributed by atoms with Crippen molar-refractivity contribution in [2.24, 2.45) is 0 Å². The number of fused-ring (bicyclic) bond motifs is 1. The highest BCUT2D eigenvalue weighted by Gasteiger charge is 2.20. The Balaban J connectivity index is 0.00000280. The molecule has 0 bridgehead atoms. The van der Waals surface area contributed by atoms with Crippen molar-refractivity contribution in [1.29, 1.82) is 0 Å². The molecule has 0 aliphatic carbocycles. The molecule has 2 N–H and O–H groups in total. The molecule has 0 aromatic heterocycles. The van der Waals surface area contributed by atoms with Crippen LogP contribution >= 0.6 is 12.4 Å². The summed E-state index contributed by atoms with van der Waals surface area (Å²) in [7, 11) is -3.56. The van der Waals surface area contributed by atoms with E-state index in [1.54, 1.807) is 6.07 Å². The van der Waals surface area contributed by atoms with Crippen LogP contribution in [-0.2, 0) is 14.6 Å². The van der Waals surface area contributed by atoms with Gasteiger partial charge < -0.3 is 20.1 Å². The topological polar surface area (TPSA) is 97.0 Å². The predicted molar refractivity (Wildman–Crippen MR) is 108 cm³/mol. The minimum atomic E-state index is -3.56. The molecule has 2 aliphatic rings. The minimum Gasteiger partial charge on any atom is -0.490 e. The number of amides is 1. The Morgan fingerprint density at radius 3 is 2.61 bits per heavy atom. The average Bonchev–Trinajstić information content (AvgIpc) is 2.92. The zero-order valence-electron chi connectivity index (χ0n) is 15.8. The SMILES string of the molecule is Cl.O=C(CCS(=O)(=O)c1ccc2c(c1)OCCCO2)NCCN1CCNCC1.